The van der Waals surface area contributed by atoms with Gasteiger partial charge in [0.15, 0.2) is 0 Å². The molecule has 0 fully saturated rings. The van der Waals surface area contributed by atoms with Crippen LogP contribution in [0.25, 0.3) is 0 Å². The van der Waals surface area contributed by atoms with Gasteiger partial charge in [-0.1, -0.05) is 46.5 Å². The van der Waals surface area contributed by atoms with E-state index < -0.39 is 0 Å². The molecule has 0 unspecified atom stereocenters. The Hall–Kier alpha value is -0.510. The van der Waals surface area contributed by atoms with Gasteiger partial charge < -0.3 is 0 Å². The first-order chi connectivity index (χ1) is 6.24. The van der Waals surface area contributed by atoms with Gasteiger partial charge in [-0.3, -0.25) is 0 Å². The van der Waals surface area contributed by atoms with Crippen molar-refractivity contribution < 1.29 is 0 Å². The van der Waals surface area contributed by atoms with Crippen LogP contribution in [0.15, 0.2) is 0 Å². The summed E-state index contributed by atoms with van der Waals surface area (Å²) in [5.41, 5.74) is 0. The average molecular weight is 181 g/mol. The molecule has 1 nitrogen and oxygen atoms in total. The fraction of sp³-hybridized carbons (Fsp3) is 0.917. The quantitative estimate of drug-likeness (QED) is 0.579. The fourth-order valence-corrected chi connectivity index (χ4v) is 1.54. The van der Waals surface area contributed by atoms with Gasteiger partial charge in [0.1, 0.15) is 0 Å². The summed E-state index contributed by atoms with van der Waals surface area (Å²) >= 11 is 0. The zero-order chi connectivity index (χ0) is 10.1. The van der Waals surface area contributed by atoms with Gasteiger partial charge in [0, 0.05) is 6.42 Å². The predicted octanol–water partition coefficient (Wildman–Crippen LogP) is 4.14. The normalized spacial score (nSPS) is 14.9. The van der Waals surface area contributed by atoms with Crippen LogP contribution >= 0.6 is 0 Å². The van der Waals surface area contributed by atoms with Crippen LogP contribution in [0.2, 0.25) is 0 Å². The Kier molecular flexibility index (Phi) is 7.79. The molecule has 0 aliphatic heterocycles. The lowest BCUT2D eigenvalue weighted by atomic mass is 9.93. The van der Waals surface area contributed by atoms with E-state index in [1.807, 2.05) is 0 Å². The summed E-state index contributed by atoms with van der Waals surface area (Å²) in [5, 5.41) is 8.57. The first-order valence-electron chi connectivity index (χ1n) is 5.61. The summed E-state index contributed by atoms with van der Waals surface area (Å²) in [5.74, 6) is 1.51. The molecule has 0 aliphatic rings. The Morgan fingerprint density at radius 3 is 2.31 bits per heavy atom. The molecule has 0 heterocycles. The topological polar surface area (TPSA) is 23.8 Å². The molecule has 0 spiro atoms. The number of hydrogen-bond acceptors (Lipinski definition) is 1. The van der Waals surface area contributed by atoms with Gasteiger partial charge in [-0.25, -0.2) is 0 Å². The maximum Gasteiger partial charge on any atom is 0.0624 e. The highest BCUT2D eigenvalue weighted by atomic mass is 14.2. The molecule has 0 aliphatic carbocycles. The van der Waals surface area contributed by atoms with E-state index in [2.05, 4.69) is 26.8 Å². The minimum absolute atomic E-state index is 0.647. The van der Waals surface area contributed by atoms with Crippen LogP contribution in [0.5, 0.6) is 0 Å². The van der Waals surface area contributed by atoms with E-state index in [0.29, 0.717) is 5.92 Å². The first-order valence-corrected chi connectivity index (χ1v) is 5.61. The molecule has 2 atom stereocenters. The molecule has 0 aromatic rings. The fourth-order valence-electron chi connectivity index (χ4n) is 1.54. The van der Waals surface area contributed by atoms with Gasteiger partial charge in [0.25, 0.3) is 0 Å². The van der Waals surface area contributed by atoms with Crippen molar-refractivity contribution >= 4 is 0 Å². The lowest BCUT2D eigenvalue weighted by molar-refractivity contribution is 0.412. The molecule has 0 aromatic carbocycles. The van der Waals surface area contributed by atoms with E-state index in [0.717, 1.165) is 18.8 Å². The molecule has 0 aromatic heterocycles. The van der Waals surface area contributed by atoms with Crippen LogP contribution < -0.4 is 0 Å². The second kappa shape index (κ2) is 8.10. The summed E-state index contributed by atoms with van der Waals surface area (Å²) in [6.45, 7) is 6.74. The van der Waals surface area contributed by atoms with Crippen LogP contribution in [0, 0.1) is 23.2 Å². The Balaban J connectivity index is 3.44. The summed E-state index contributed by atoms with van der Waals surface area (Å²) in [6.07, 6.45) is 7.07. The minimum atomic E-state index is 0.647. The van der Waals surface area contributed by atoms with Crippen molar-refractivity contribution in [3.8, 4) is 6.07 Å². The number of rotatable bonds is 7. The van der Waals surface area contributed by atoms with Crippen molar-refractivity contribution in [2.24, 2.45) is 11.8 Å². The third-order valence-electron chi connectivity index (χ3n) is 2.96. The maximum absolute atomic E-state index is 8.57. The van der Waals surface area contributed by atoms with E-state index in [9.17, 15) is 0 Å². The number of nitrogens with zero attached hydrogens (tertiary/aromatic N) is 1. The third-order valence-corrected chi connectivity index (χ3v) is 2.96. The molecule has 0 rings (SSSR count). The van der Waals surface area contributed by atoms with E-state index in [4.69, 9.17) is 5.26 Å². The molecule has 0 saturated heterocycles. The van der Waals surface area contributed by atoms with Gasteiger partial charge in [-0.2, -0.15) is 5.26 Å². The van der Waals surface area contributed by atoms with Crippen LogP contribution in [0.3, 0.4) is 0 Å². The smallest absolute Gasteiger partial charge is 0.0624 e. The van der Waals surface area contributed by atoms with Gasteiger partial charge in [0.2, 0.25) is 0 Å². The summed E-state index contributed by atoms with van der Waals surface area (Å²) in [7, 11) is 0. The van der Waals surface area contributed by atoms with Crippen molar-refractivity contribution in [1.82, 2.24) is 0 Å². The lowest BCUT2D eigenvalue weighted by Gasteiger charge is -2.12. The van der Waals surface area contributed by atoms with Crippen LogP contribution in [-0.2, 0) is 0 Å². The average Bonchev–Trinajstić information content (AvgIpc) is 2.16. The molecular weight excluding hydrogens is 158 g/mol. The Bertz CT molecular complexity index is 146. The van der Waals surface area contributed by atoms with E-state index >= 15 is 0 Å². The van der Waals surface area contributed by atoms with E-state index in [1.54, 1.807) is 0 Å². The molecule has 0 N–H and O–H groups in total. The standard InChI is InChI=1S/C12H23N/c1-4-11(3)7-6-8-12(5-2)9-10-13/h11-12H,4-9H2,1-3H3/t11-,12-/m1/s1. The lowest BCUT2D eigenvalue weighted by Crippen LogP contribution is -1.99. The Labute approximate surface area is 83.1 Å². The van der Waals surface area contributed by atoms with Crippen molar-refractivity contribution in [3.63, 3.8) is 0 Å². The van der Waals surface area contributed by atoms with Gasteiger partial charge in [-0.05, 0) is 18.3 Å². The van der Waals surface area contributed by atoms with Crippen LogP contribution in [0.1, 0.15) is 59.3 Å². The molecule has 0 amide bonds. The van der Waals surface area contributed by atoms with Crippen molar-refractivity contribution in [2.75, 3.05) is 0 Å². The van der Waals surface area contributed by atoms with Crippen molar-refractivity contribution in [2.45, 2.75) is 59.3 Å². The molecule has 13 heavy (non-hydrogen) atoms. The first kappa shape index (κ1) is 12.5. The Morgan fingerprint density at radius 2 is 1.85 bits per heavy atom. The van der Waals surface area contributed by atoms with Crippen molar-refractivity contribution in [1.29, 1.82) is 5.26 Å². The molecule has 1 heteroatoms. The third kappa shape index (κ3) is 6.63. The van der Waals surface area contributed by atoms with E-state index in [-0.39, 0.29) is 0 Å². The van der Waals surface area contributed by atoms with Crippen molar-refractivity contribution in [3.05, 3.63) is 0 Å². The second-order valence-electron chi connectivity index (χ2n) is 4.08. The highest BCUT2D eigenvalue weighted by Crippen LogP contribution is 2.19. The highest BCUT2D eigenvalue weighted by molar-refractivity contribution is 4.75. The highest BCUT2D eigenvalue weighted by Gasteiger charge is 2.06. The minimum Gasteiger partial charge on any atom is -0.198 e. The van der Waals surface area contributed by atoms with Gasteiger partial charge >= 0.3 is 0 Å². The van der Waals surface area contributed by atoms with Gasteiger partial charge in [-0.15, -0.1) is 0 Å². The SMILES string of the molecule is CC[C@@H](C)CCC[C@@H](CC)CC#N. The summed E-state index contributed by atoms with van der Waals surface area (Å²) in [4.78, 5) is 0. The summed E-state index contributed by atoms with van der Waals surface area (Å²) < 4.78 is 0. The second-order valence-corrected chi connectivity index (χ2v) is 4.08. The molecule has 76 valence electrons. The summed E-state index contributed by atoms with van der Waals surface area (Å²) in [6, 6.07) is 2.27. The molecular formula is C12H23N. The molecule has 0 saturated carbocycles. The monoisotopic (exact) mass is 181 g/mol. The predicted molar refractivity (Wildman–Crippen MR) is 57.3 cm³/mol. The molecule has 0 radical (unpaired) electrons. The molecule has 0 bridgehead atoms. The number of nitriles is 1. The van der Waals surface area contributed by atoms with E-state index in [1.165, 1.54) is 25.7 Å². The Morgan fingerprint density at radius 1 is 1.15 bits per heavy atom. The number of hydrogen-bond donors (Lipinski definition) is 0. The van der Waals surface area contributed by atoms with Gasteiger partial charge in [0.05, 0.1) is 6.07 Å². The largest absolute Gasteiger partial charge is 0.198 e. The zero-order valence-electron chi connectivity index (χ0n) is 9.34. The van der Waals surface area contributed by atoms with Crippen LogP contribution in [0.4, 0.5) is 0 Å². The zero-order valence-corrected chi connectivity index (χ0v) is 9.34. The van der Waals surface area contributed by atoms with Crippen LogP contribution in [-0.4, -0.2) is 0 Å². The maximum atomic E-state index is 8.57.